The second kappa shape index (κ2) is 11.1. The lowest BCUT2D eigenvalue weighted by Crippen LogP contribution is -2.48. The number of pyridine rings is 1. The van der Waals surface area contributed by atoms with E-state index in [9.17, 15) is 22.8 Å². The summed E-state index contributed by atoms with van der Waals surface area (Å²) in [5, 5.41) is 0. The minimum Gasteiger partial charge on any atom is -0.497 e. The third-order valence-corrected chi connectivity index (χ3v) is 6.89. The second-order valence-corrected chi connectivity index (χ2v) is 9.62. The molecule has 2 amide bonds. The number of hydrogen-bond donors (Lipinski definition) is 0. The van der Waals surface area contributed by atoms with Gasteiger partial charge >= 0.3 is 6.36 Å². The molecule has 3 heterocycles. The van der Waals surface area contributed by atoms with E-state index in [-0.39, 0.29) is 36.1 Å². The van der Waals surface area contributed by atoms with E-state index in [1.165, 1.54) is 41.2 Å². The Labute approximate surface area is 229 Å². The maximum absolute atomic E-state index is 14.0. The lowest BCUT2D eigenvalue weighted by Gasteiger charge is -2.33. The molecule has 1 fully saturated rings. The number of fused-ring (bicyclic) bond motifs is 2. The Morgan fingerprint density at radius 2 is 1.68 bits per heavy atom. The fourth-order valence-corrected chi connectivity index (χ4v) is 4.80. The number of likely N-dealkylation sites (N-methyl/N-ethyl adjacent to an activating group) is 1. The number of carbonyl (C=O) groups is 2. The van der Waals surface area contributed by atoms with E-state index in [4.69, 9.17) is 4.74 Å². The van der Waals surface area contributed by atoms with E-state index in [1.807, 2.05) is 7.05 Å². The van der Waals surface area contributed by atoms with Crippen LogP contribution in [-0.2, 0) is 11.3 Å². The van der Waals surface area contributed by atoms with Gasteiger partial charge in [0, 0.05) is 38.4 Å². The standard InChI is InChI=1S/C28H28F3N5O4/c1-33-12-14-34(15-13-33)18-25(37)36-24-16-21(39-2)9-10-22(24)27(38)35(23-4-3-11-32-26(23)36)17-19-5-7-20(8-6-19)40-28(29,30)31/h3-11,16H,12-15,17-18H2,1-2H3. The van der Waals surface area contributed by atoms with E-state index >= 15 is 0 Å². The van der Waals surface area contributed by atoms with Crippen molar-refractivity contribution in [2.75, 3.05) is 56.7 Å². The number of amides is 2. The van der Waals surface area contributed by atoms with Crippen molar-refractivity contribution in [1.29, 1.82) is 0 Å². The van der Waals surface area contributed by atoms with Crippen LogP contribution in [0.5, 0.6) is 11.5 Å². The number of nitrogens with zero attached hydrogens (tertiary/aromatic N) is 5. The average Bonchev–Trinajstić information content (AvgIpc) is 3.02. The van der Waals surface area contributed by atoms with Crippen LogP contribution in [0.3, 0.4) is 0 Å². The normalized spacial score (nSPS) is 16.3. The third-order valence-electron chi connectivity index (χ3n) is 6.89. The van der Waals surface area contributed by atoms with Gasteiger partial charge in [0.25, 0.3) is 5.91 Å². The van der Waals surface area contributed by atoms with Gasteiger partial charge < -0.3 is 19.3 Å². The molecule has 0 bridgehead atoms. The zero-order chi connectivity index (χ0) is 28.4. The molecular formula is C28H28F3N5O4. The first-order valence-electron chi connectivity index (χ1n) is 12.7. The van der Waals surface area contributed by atoms with Crippen LogP contribution in [-0.4, -0.2) is 79.8 Å². The molecule has 0 unspecified atom stereocenters. The number of methoxy groups -OCH3 is 1. The number of benzene rings is 2. The second-order valence-electron chi connectivity index (χ2n) is 9.62. The fraction of sp³-hybridized carbons (Fsp3) is 0.321. The smallest absolute Gasteiger partial charge is 0.497 e. The highest BCUT2D eigenvalue weighted by atomic mass is 19.4. The molecule has 12 heteroatoms. The van der Waals surface area contributed by atoms with E-state index in [0.717, 1.165) is 26.2 Å². The van der Waals surface area contributed by atoms with Crippen LogP contribution in [0.4, 0.5) is 30.4 Å². The molecule has 5 rings (SSSR count). The number of piperazine rings is 1. The number of halogens is 3. The molecule has 1 aromatic heterocycles. The maximum Gasteiger partial charge on any atom is 0.573 e. The van der Waals surface area contributed by atoms with Crippen molar-refractivity contribution in [3.05, 3.63) is 71.9 Å². The number of anilines is 3. The van der Waals surface area contributed by atoms with Crippen LogP contribution in [0.1, 0.15) is 15.9 Å². The van der Waals surface area contributed by atoms with Gasteiger partial charge in [0.15, 0.2) is 5.82 Å². The zero-order valence-corrected chi connectivity index (χ0v) is 22.0. The van der Waals surface area contributed by atoms with Crippen LogP contribution >= 0.6 is 0 Å². The molecular weight excluding hydrogens is 527 g/mol. The number of rotatable bonds is 6. The highest BCUT2D eigenvalue weighted by Crippen LogP contribution is 2.41. The number of alkyl halides is 3. The lowest BCUT2D eigenvalue weighted by atomic mass is 10.1. The van der Waals surface area contributed by atoms with Crippen molar-refractivity contribution in [1.82, 2.24) is 14.8 Å². The topological polar surface area (TPSA) is 78.5 Å². The minimum atomic E-state index is -4.81. The molecule has 0 atom stereocenters. The van der Waals surface area contributed by atoms with Gasteiger partial charge in [-0.3, -0.25) is 19.4 Å². The summed E-state index contributed by atoms with van der Waals surface area (Å²) in [6.45, 7) is 3.30. The summed E-state index contributed by atoms with van der Waals surface area (Å²) in [5.41, 5.74) is 1.57. The number of aromatic nitrogens is 1. The molecule has 0 N–H and O–H groups in total. The first-order valence-corrected chi connectivity index (χ1v) is 12.7. The third kappa shape index (κ3) is 5.87. The summed E-state index contributed by atoms with van der Waals surface area (Å²) in [5.74, 6) is -0.257. The Kier molecular flexibility index (Phi) is 7.63. The number of ether oxygens (including phenoxy) is 2. The summed E-state index contributed by atoms with van der Waals surface area (Å²) in [6, 6.07) is 13.6. The van der Waals surface area contributed by atoms with Crippen molar-refractivity contribution >= 4 is 29.0 Å². The summed E-state index contributed by atoms with van der Waals surface area (Å²) < 4.78 is 47.2. The zero-order valence-electron chi connectivity index (χ0n) is 22.0. The van der Waals surface area contributed by atoms with Crippen LogP contribution in [0, 0.1) is 0 Å². The largest absolute Gasteiger partial charge is 0.573 e. The summed E-state index contributed by atoms with van der Waals surface area (Å²) in [4.78, 5) is 39.6. The Hall–Kier alpha value is -4.16. The summed E-state index contributed by atoms with van der Waals surface area (Å²) in [6.07, 6.45) is -3.26. The quantitative estimate of drug-likeness (QED) is 0.454. The van der Waals surface area contributed by atoms with Crippen molar-refractivity contribution < 1.29 is 32.2 Å². The first kappa shape index (κ1) is 27.4. The first-order chi connectivity index (χ1) is 19.1. The predicted molar refractivity (Wildman–Crippen MR) is 142 cm³/mol. The molecule has 2 aliphatic rings. The molecule has 0 saturated carbocycles. The van der Waals surface area contributed by atoms with Gasteiger partial charge in [0.1, 0.15) is 11.5 Å². The molecule has 0 aliphatic carbocycles. The maximum atomic E-state index is 14.0. The van der Waals surface area contributed by atoms with Gasteiger partial charge in [-0.1, -0.05) is 12.1 Å². The van der Waals surface area contributed by atoms with Crippen molar-refractivity contribution in [2.45, 2.75) is 12.9 Å². The molecule has 2 aliphatic heterocycles. The molecule has 0 radical (unpaired) electrons. The van der Waals surface area contributed by atoms with E-state index in [0.29, 0.717) is 22.7 Å². The molecule has 40 heavy (non-hydrogen) atoms. The number of carbonyl (C=O) groups excluding carboxylic acids is 2. The van der Waals surface area contributed by atoms with Crippen molar-refractivity contribution in [2.24, 2.45) is 0 Å². The highest BCUT2D eigenvalue weighted by Gasteiger charge is 2.36. The Morgan fingerprint density at radius 1 is 0.975 bits per heavy atom. The summed E-state index contributed by atoms with van der Waals surface area (Å²) >= 11 is 0. The van der Waals surface area contributed by atoms with Crippen LogP contribution in [0.15, 0.2) is 60.8 Å². The summed E-state index contributed by atoms with van der Waals surface area (Å²) in [7, 11) is 3.54. The Morgan fingerprint density at radius 3 is 2.35 bits per heavy atom. The van der Waals surface area contributed by atoms with Crippen LogP contribution in [0.25, 0.3) is 0 Å². The van der Waals surface area contributed by atoms with Crippen molar-refractivity contribution in [3.63, 3.8) is 0 Å². The Bertz CT molecular complexity index is 1390. The SMILES string of the molecule is COc1ccc2c(c1)N(C(=O)CN1CCN(C)CC1)c1ncccc1N(Cc1ccc(OC(F)(F)F)cc1)C2=O. The molecule has 1 saturated heterocycles. The fourth-order valence-electron chi connectivity index (χ4n) is 4.80. The van der Waals surface area contributed by atoms with E-state index in [2.05, 4.69) is 19.5 Å². The predicted octanol–water partition coefficient (Wildman–Crippen LogP) is 4.06. The molecule has 2 aromatic carbocycles. The van der Waals surface area contributed by atoms with Gasteiger partial charge in [-0.05, 0) is 49.0 Å². The van der Waals surface area contributed by atoms with E-state index in [1.54, 1.807) is 36.5 Å². The highest BCUT2D eigenvalue weighted by molar-refractivity contribution is 6.18. The van der Waals surface area contributed by atoms with Crippen molar-refractivity contribution in [3.8, 4) is 11.5 Å². The van der Waals surface area contributed by atoms with Gasteiger partial charge in [-0.15, -0.1) is 13.2 Å². The average molecular weight is 556 g/mol. The van der Waals surface area contributed by atoms with Crippen LogP contribution < -0.4 is 19.3 Å². The lowest BCUT2D eigenvalue weighted by molar-refractivity contribution is -0.274. The van der Waals surface area contributed by atoms with Gasteiger partial charge in [-0.25, -0.2) is 4.98 Å². The number of hydrogen-bond acceptors (Lipinski definition) is 7. The van der Waals surface area contributed by atoms with Gasteiger partial charge in [-0.2, -0.15) is 0 Å². The molecule has 210 valence electrons. The van der Waals surface area contributed by atoms with Gasteiger partial charge in [0.2, 0.25) is 5.91 Å². The monoisotopic (exact) mass is 555 g/mol. The minimum absolute atomic E-state index is 0.0236. The van der Waals surface area contributed by atoms with Crippen LogP contribution in [0.2, 0.25) is 0 Å². The van der Waals surface area contributed by atoms with Gasteiger partial charge in [0.05, 0.1) is 37.1 Å². The Balaban J connectivity index is 1.53. The van der Waals surface area contributed by atoms with E-state index < -0.39 is 12.3 Å². The molecule has 9 nitrogen and oxygen atoms in total. The molecule has 0 spiro atoms. The molecule has 3 aromatic rings.